The van der Waals surface area contributed by atoms with Crippen LogP contribution in [0.4, 0.5) is 16.2 Å². The fourth-order valence-corrected chi connectivity index (χ4v) is 3.84. The normalized spacial score (nSPS) is 10.5. The molecule has 0 bridgehead atoms. The Kier molecular flexibility index (Phi) is 5.17. The van der Waals surface area contributed by atoms with Crippen molar-refractivity contribution >= 4 is 28.7 Å². The molecule has 28 heavy (non-hydrogen) atoms. The number of para-hydroxylation sites is 1. The molecule has 0 saturated carbocycles. The van der Waals surface area contributed by atoms with Gasteiger partial charge < -0.3 is 10.6 Å². The number of amides is 2. The molecule has 0 aliphatic heterocycles. The summed E-state index contributed by atoms with van der Waals surface area (Å²) in [5.41, 5.74) is 4.61. The van der Waals surface area contributed by atoms with Gasteiger partial charge in [-0.3, -0.25) is 0 Å². The highest BCUT2D eigenvalue weighted by molar-refractivity contribution is 7.15. The predicted octanol–water partition coefficient (Wildman–Crippen LogP) is 6.43. The Morgan fingerprint density at radius 1 is 0.750 bits per heavy atom. The molecule has 4 nitrogen and oxygen atoms in total. The van der Waals surface area contributed by atoms with Crippen molar-refractivity contribution in [1.29, 1.82) is 0 Å². The molecule has 0 unspecified atom stereocenters. The first kappa shape index (κ1) is 17.9. The maximum absolute atomic E-state index is 12.1. The van der Waals surface area contributed by atoms with Crippen LogP contribution in [0.1, 0.15) is 4.88 Å². The van der Waals surface area contributed by atoms with Gasteiger partial charge in [-0.1, -0.05) is 60.7 Å². The second kappa shape index (κ2) is 8.06. The minimum atomic E-state index is -0.268. The fourth-order valence-electron chi connectivity index (χ4n) is 2.89. The highest BCUT2D eigenvalue weighted by atomic mass is 32.1. The Labute approximate surface area is 167 Å². The Balaban J connectivity index is 1.48. The fraction of sp³-hybridized carbons (Fsp3) is 0.0435. The smallest absolute Gasteiger partial charge is 0.308 e. The molecule has 0 fully saturated rings. The molecule has 4 aromatic rings. The number of aryl methyl sites for hydroxylation is 1. The van der Waals surface area contributed by atoms with Crippen molar-refractivity contribution < 1.29 is 4.79 Å². The van der Waals surface area contributed by atoms with Gasteiger partial charge in [-0.15, -0.1) is 11.3 Å². The van der Waals surface area contributed by atoms with Crippen molar-refractivity contribution in [2.75, 3.05) is 10.6 Å². The molecule has 0 radical (unpaired) electrons. The van der Waals surface area contributed by atoms with E-state index in [0.29, 0.717) is 0 Å². The van der Waals surface area contributed by atoms with Gasteiger partial charge in [0.05, 0.1) is 5.69 Å². The maximum atomic E-state index is 12.1. The van der Waals surface area contributed by atoms with Gasteiger partial charge in [-0.2, -0.15) is 0 Å². The first-order valence-electron chi connectivity index (χ1n) is 8.95. The minimum Gasteiger partial charge on any atom is -0.308 e. The van der Waals surface area contributed by atoms with Crippen LogP contribution in [0.2, 0.25) is 0 Å². The number of anilines is 2. The third kappa shape index (κ3) is 4.10. The second-order valence-electron chi connectivity index (χ2n) is 6.31. The summed E-state index contributed by atoms with van der Waals surface area (Å²) in [5, 5.41) is 6.67. The van der Waals surface area contributed by atoms with Crippen molar-refractivity contribution in [1.82, 2.24) is 4.98 Å². The zero-order valence-electron chi connectivity index (χ0n) is 15.3. The lowest BCUT2D eigenvalue weighted by molar-refractivity contribution is 0.262. The number of urea groups is 1. The van der Waals surface area contributed by atoms with Gasteiger partial charge in [0.1, 0.15) is 5.01 Å². The van der Waals surface area contributed by atoms with Crippen molar-refractivity contribution in [2.24, 2.45) is 0 Å². The topological polar surface area (TPSA) is 54.0 Å². The molecule has 5 heteroatoms. The van der Waals surface area contributed by atoms with Crippen LogP contribution in [-0.4, -0.2) is 11.0 Å². The van der Waals surface area contributed by atoms with Gasteiger partial charge in [-0.25, -0.2) is 9.78 Å². The van der Waals surface area contributed by atoms with E-state index in [9.17, 15) is 4.79 Å². The zero-order chi connectivity index (χ0) is 19.3. The molecule has 0 spiro atoms. The summed E-state index contributed by atoms with van der Waals surface area (Å²) in [5.74, 6) is 0. The molecule has 0 saturated heterocycles. The van der Waals surface area contributed by atoms with Crippen molar-refractivity contribution in [2.45, 2.75) is 6.92 Å². The van der Waals surface area contributed by atoms with Crippen LogP contribution in [0.5, 0.6) is 0 Å². The van der Waals surface area contributed by atoms with Crippen molar-refractivity contribution in [3.63, 3.8) is 0 Å². The van der Waals surface area contributed by atoms with E-state index in [0.717, 1.165) is 33.2 Å². The third-order valence-electron chi connectivity index (χ3n) is 4.27. The Bertz CT molecular complexity index is 1070. The SMILES string of the molecule is Cc1sc(-c2ccccc2)nc1-c1ccc(NC(=O)Nc2ccccc2)cc1. The summed E-state index contributed by atoms with van der Waals surface area (Å²) in [6.45, 7) is 2.08. The van der Waals surface area contributed by atoms with Crippen LogP contribution in [0.15, 0.2) is 84.9 Å². The summed E-state index contributed by atoms with van der Waals surface area (Å²) in [6.07, 6.45) is 0. The van der Waals surface area contributed by atoms with E-state index in [1.54, 1.807) is 11.3 Å². The molecule has 2 amide bonds. The number of nitrogens with one attached hydrogen (secondary N) is 2. The van der Waals surface area contributed by atoms with Crippen LogP contribution in [0, 0.1) is 6.92 Å². The van der Waals surface area contributed by atoms with Crippen LogP contribution < -0.4 is 10.6 Å². The van der Waals surface area contributed by atoms with E-state index >= 15 is 0 Å². The molecule has 2 N–H and O–H groups in total. The van der Waals surface area contributed by atoms with Crippen LogP contribution in [0.3, 0.4) is 0 Å². The van der Waals surface area contributed by atoms with Gasteiger partial charge in [0, 0.05) is 27.4 Å². The van der Waals surface area contributed by atoms with E-state index in [1.807, 2.05) is 72.8 Å². The Morgan fingerprint density at radius 2 is 1.32 bits per heavy atom. The lowest BCUT2D eigenvalue weighted by Gasteiger charge is -2.08. The lowest BCUT2D eigenvalue weighted by Crippen LogP contribution is -2.19. The monoisotopic (exact) mass is 385 g/mol. The van der Waals surface area contributed by atoms with Gasteiger partial charge in [0.2, 0.25) is 0 Å². The summed E-state index contributed by atoms with van der Waals surface area (Å²) in [7, 11) is 0. The average molecular weight is 385 g/mol. The summed E-state index contributed by atoms with van der Waals surface area (Å²) >= 11 is 1.69. The van der Waals surface area contributed by atoms with E-state index in [1.165, 1.54) is 4.88 Å². The summed E-state index contributed by atoms with van der Waals surface area (Å²) in [6, 6.07) is 27.0. The standard InChI is InChI=1S/C23H19N3OS/c1-16-21(26-22(28-16)18-8-4-2-5-9-18)17-12-14-20(15-13-17)25-23(27)24-19-10-6-3-7-11-19/h2-15H,1H3,(H2,24,25,27). The number of hydrogen-bond acceptors (Lipinski definition) is 3. The van der Waals surface area contributed by atoms with Gasteiger partial charge in [-0.05, 0) is 31.2 Å². The van der Waals surface area contributed by atoms with E-state index in [2.05, 4.69) is 29.7 Å². The van der Waals surface area contributed by atoms with Crippen LogP contribution in [-0.2, 0) is 0 Å². The molecule has 4 rings (SSSR count). The number of carbonyl (C=O) groups is 1. The maximum Gasteiger partial charge on any atom is 0.323 e. The molecule has 0 aliphatic rings. The number of benzene rings is 3. The summed E-state index contributed by atoms with van der Waals surface area (Å²) in [4.78, 5) is 18.1. The largest absolute Gasteiger partial charge is 0.323 e. The van der Waals surface area contributed by atoms with Crippen LogP contribution >= 0.6 is 11.3 Å². The molecule has 1 heterocycles. The number of nitrogens with zero attached hydrogens (tertiary/aromatic N) is 1. The number of thiazole rings is 1. The molecular weight excluding hydrogens is 366 g/mol. The average Bonchev–Trinajstić information content (AvgIpc) is 3.12. The lowest BCUT2D eigenvalue weighted by atomic mass is 10.1. The molecular formula is C23H19N3OS. The van der Waals surface area contributed by atoms with Crippen molar-refractivity contribution in [3.05, 3.63) is 89.8 Å². The highest BCUT2D eigenvalue weighted by Crippen LogP contribution is 2.33. The van der Waals surface area contributed by atoms with Gasteiger partial charge in [0.25, 0.3) is 0 Å². The van der Waals surface area contributed by atoms with E-state index in [-0.39, 0.29) is 6.03 Å². The number of hydrogen-bond donors (Lipinski definition) is 2. The third-order valence-corrected chi connectivity index (χ3v) is 5.29. The van der Waals surface area contributed by atoms with Crippen molar-refractivity contribution in [3.8, 4) is 21.8 Å². The Morgan fingerprint density at radius 3 is 1.96 bits per heavy atom. The zero-order valence-corrected chi connectivity index (χ0v) is 16.2. The minimum absolute atomic E-state index is 0.268. The van der Waals surface area contributed by atoms with Gasteiger partial charge >= 0.3 is 6.03 Å². The Hall–Kier alpha value is -3.44. The molecule has 1 aromatic heterocycles. The predicted molar refractivity (Wildman–Crippen MR) is 117 cm³/mol. The molecule has 3 aromatic carbocycles. The van der Waals surface area contributed by atoms with E-state index in [4.69, 9.17) is 4.98 Å². The van der Waals surface area contributed by atoms with Gasteiger partial charge in [0.15, 0.2) is 0 Å². The first-order valence-corrected chi connectivity index (χ1v) is 9.77. The number of carbonyl (C=O) groups excluding carboxylic acids is 1. The van der Waals surface area contributed by atoms with Crippen LogP contribution in [0.25, 0.3) is 21.8 Å². The summed E-state index contributed by atoms with van der Waals surface area (Å²) < 4.78 is 0. The first-order chi connectivity index (χ1) is 13.7. The number of rotatable bonds is 4. The number of aromatic nitrogens is 1. The second-order valence-corrected chi connectivity index (χ2v) is 7.52. The molecule has 0 atom stereocenters. The highest BCUT2D eigenvalue weighted by Gasteiger charge is 2.11. The molecule has 138 valence electrons. The molecule has 0 aliphatic carbocycles. The van der Waals surface area contributed by atoms with E-state index < -0.39 is 0 Å². The quantitative estimate of drug-likeness (QED) is 0.425.